The summed E-state index contributed by atoms with van der Waals surface area (Å²) in [5.41, 5.74) is 3.36. The van der Waals surface area contributed by atoms with E-state index < -0.39 is 6.10 Å². The van der Waals surface area contributed by atoms with Gasteiger partial charge in [-0.1, -0.05) is 48.0 Å². The van der Waals surface area contributed by atoms with Crippen molar-refractivity contribution >= 4 is 5.91 Å². The molecular weight excluding hydrogens is 274 g/mol. The van der Waals surface area contributed by atoms with Crippen LogP contribution in [0.1, 0.15) is 23.6 Å². The Balaban J connectivity index is 1.97. The highest BCUT2D eigenvalue weighted by Crippen LogP contribution is 2.18. The fourth-order valence-corrected chi connectivity index (χ4v) is 2.29. The highest BCUT2D eigenvalue weighted by molar-refractivity contribution is 5.80. The van der Waals surface area contributed by atoms with Crippen LogP contribution in [0.15, 0.2) is 48.5 Å². The van der Waals surface area contributed by atoms with Gasteiger partial charge in [-0.05, 0) is 38.0 Å². The molecule has 2 aromatic carbocycles. The van der Waals surface area contributed by atoms with Gasteiger partial charge in [0.1, 0.15) is 5.75 Å². The number of hydrogen-bond acceptors (Lipinski definition) is 2. The van der Waals surface area contributed by atoms with Gasteiger partial charge < -0.3 is 9.64 Å². The summed E-state index contributed by atoms with van der Waals surface area (Å²) in [7, 11) is 1.81. The molecule has 22 heavy (non-hydrogen) atoms. The average Bonchev–Trinajstić information content (AvgIpc) is 2.51. The first-order valence-corrected chi connectivity index (χ1v) is 7.50. The molecule has 0 fully saturated rings. The second-order valence-corrected chi connectivity index (χ2v) is 5.71. The average molecular weight is 297 g/mol. The Morgan fingerprint density at radius 3 is 2.36 bits per heavy atom. The largest absolute Gasteiger partial charge is 0.481 e. The molecule has 0 aromatic heterocycles. The van der Waals surface area contributed by atoms with Crippen molar-refractivity contribution in [3.63, 3.8) is 0 Å². The number of ether oxygens (including phenoxy) is 1. The number of amides is 1. The van der Waals surface area contributed by atoms with Gasteiger partial charge in [-0.15, -0.1) is 0 Å². The Kier molecular flexibility index (Phi) is 5.21. The number of benzene rings is 2. The third kappa shape index (κ3) is 4.10. The van der Waals surface area contributed by atoms with Crippen molar-refractivity contribution in [1.29, 1.82) is 0 Å². The van der Waals surface area contributed by atoms with Crippen LogP contribution in [-0.2, 0) is 11.3 Å². The molecule has 0 bridgehead atoms. The Morgan fingerprint density at radius 1 is 1.09 bits per heavy atom. The second-order valence-electron chi connectivity index (χ2n) is 5.71. The van der Waals surface area contributed by atoms with Gasteiger partial charge in [0.05, 0.1) is 0 Å². The predicted molar refractivity (Wildman–Crippen MR) is 88.9 cm³/mol. The van der Waals surface area contributed by atoms with E-state index in [0.29, 0.717) is 6.54 Å². The molecule has 1 amide bonds. The molecule has 0 aliphatic carbocycles. The molecule has 116 valence electrons. The lowest BCUT2D eigenvalue weighted by Gasteiger charge is -2.23. The van der Waals surface area contributed by atoms with E-state index in [9.17, 15) is 4.79 Å². The topological polar surface area (TPSA) is 29.5 Å². The third-order valence-electron chi connectivity index (χ3n) is 3.66. The number of carbonyl (C=O) groups excluding carboxylic acids is 1. The summed E-state index contributed by atoms with van der Waals surface area (Å²) in [6.07, 6.45) is -0.503. The van der Waals surface area contributed by atoms with E-state index in [0.717, 1.165) is 16.9 Å². The van der Waals surface area contributed by atoms with Crippen LogP contribution in [-0.4, -0.2) is 24.0 Å². The summed E-state index contributed by atoms with van der Waals surface area (Å²) >= 11 is 0. The van der Waals surface area contributed by atoms with Gasteiger partial charge in [0, 0.05) is 13.6 Å². The molecule has 0 aliphatic heterocycles. The van der Waals surface area contributed by atoms with Gasteiger partial charge in [-0.3, -0.25) is 4.79 Å². The van der Waals surface area contributed by atoms with E-state index in [2.05, 4.69) is 19.1 Å². The van der Waals surface area contributed by atoms with Gasteiger partial charge in [0.15, 0.2) is 6.10 Å². The lowest BCUT2D eigenvalue weighted by molar-refractivity contribution is -0.137. The van der Waals surface area contributed by atoms with E-state index in [-0.39, 0.29) is 5.91 Å². The number of carbonyl (C=O) groups is 1. The fraction of sp³-hybridized carbons (Fsp3) is 0.316. The molecule has 0 unspecified atom stereocenters. The summed E-state index contributed by atoms with van der Waals surface area (Å²) < 4.78 is 5.79. The molecule has 0 saturated heterocycles. The van der Waals surface area contributed by atoms with Crippen molar-refractivity contribution < 1.29 is 9.53 Å². The smallest absolute Gasteiger partial charge is 0.263 e. The second kappa shape index (κ2) is 7.12. The highest BCUT2D eigenvalue weighted by atomic mass is 16.5. The molecule has 0 aliphatic rings. The van der Waals surface area contributed by atoms with Crippen LogP contribution in [0.3, 0.4) is 0 Å². The van der Waals surface area contributed by atoms with Crippen LogP contribution in [0.4, 0.5) is 0 Å². The number of likely N-dealkylation sites (N-methyl/N-ethyl adjacent to an activating group) is 1. The van der Waals surface area contributed by atoms with Gasteiger partial charge in [0.2, 0.25) is 0 Å². The summed E-state index contributed by atoms with van der Waals surface area (Å²) in [5.74, 6) is 0.732. The van der Waals surface area contributed by atoms with Crippen molar-refractivity contribution in [3.8, 4) is 5.75 Å². The first-order chi connectivity index (χ1) is 10.5. The molecule has 3 heteroatoms. The van der Waals surface area contributed by atoms with E-state index in [1.54, 1.807) is 18.9 Å². The molecule has 0 N–H and O–H groups in total. The van der Waals surface area contributed by atoms with Gasteiger partial charge in [0.25, 0.3) is 5.91 Å². The number of rotatable bonds is 5. The maximum absolute atomic E-state index is 12.4. The number of nitrogens with zero attached hydrogens (tertiary/aromatic N) is 1. The van der Waals surface area contributed by atoms with Crippen LogP contribution < -0.4 is 4.74 Å². The minimum Gasteiger partial charge on any atom is -0.481 e. The van der Waals surface area contributed by atoms with Crippen LogP contribution >= 0.6 is 0 Å². The van der Waals surface area contributed by atoms with E-state index in [1.165, 1.54) is 5.56 Å². The number of aryl methyl sites for hydroxylation is 2. The molecular formula is C19H23NO2. The monoisotopic (exact) mass is 297 g/mol. The zero-order valence-electron chi connectivity index (χ0n) is 13.7. The SMILES string of the molecule is Cc1ccc(CN(C)C(=O)[C@H](C)Oc2ccccc2C)cc1. The predicted octanol–water partition coefficient (Wildman–Crippen LogP) is 3.73. The highest BCUT2D eigenvalue weighted by Gasteiger charge is 2.19. The summed E-state index contributed by atoms with van der Waals surface area (Å²) in [6, 6.07) is 15.9. The Bertz CT molecular complexity index is 634. The molecule has 1 atom stereocenters. The zero-order chi connectivity index (χ0) is 16.1. The summed E-state index contributed by atoms with van der Waals surface area (Å²) in [6.45, 7) is 6.40. The molecule has 2 aromatic rings. The quantitative estimate of drug-likeness (QED) is 0.841. The Morgan fingerprint density at radius 2 is 1.73 bits per heavy atom. The van der Waals surface area contributed by atoms with Crippen LogP contribution in [0.2, 0.25) is 0 Å². The Hall–Kier alpha value is -2.29. The standard InChI is InChI=1S/C19H23NO2/c1-14-9-11-17(12-10-14)13-20(4)19(21)16(3)22-18-8-6-5-7-15(18)2/h5-12,16H,13H2,1-4H3/t16-/m0/s1. The van der Waals surface area contributed by atoms with E-state index in [4.69, 9.17) is 4.74 Å². The lowest BCUT2D eigenvalue weighted by Crippen LogP contribution is -2.37. The molecule has 3 nitrogen and oxygen atoms in total. The minimum absolute atomic E-state index is 0.0242. The normalized spacial score (nSPS) is 11.8. The number of para-hydroxylation sites is 1. The van der Waals surface area contributed by atoms with Crippen molar-refractivity contribution in [2.45, 2.75) is 33.4 Å². The van der Waals surface area contributed by atoms with Crippen molar-refractivity contribution in [2.24, 2.45) is 0 Å². The first-order valence-electron chi connectivity index (χ1n) is 7.50. The molecule has 0 spiro atoms. The van der Waals surface area contributed by atoms with Crippen molar-refractivity contribution in [3.05, 3.63) is 65.2 Å². The van der Waals surface area contributed by atoms with Gasteiger partial charge in [-0.2, -0.15) is 0 Å². The van der Waals surface area contributed by atoms with Gasteiger partial charge >= 0.3 is 0 Å². The maximum Gasteiger partial charge on any atom is 0.263 e. The fourth-order valence-electron chi connectivity index (χ4n) is 2.29. The van der Waals surface area contributed by atoms with E-state index >= 15 is 0 Å². The van der Waals surface area contributed by atoms with Crippen LogP contribution in [0.25, 0.3) is 0 Å². The van der Waals surface area contributed by atoms with Crippen LogP contribution in [0, 0.1) is 13.8 Å². The van der Waals surface area contributed by atoms with Gasteiger partial charge in [-0.25, -0.2) is 0 Å². The van der Waals surface area contributed by atoms with E-state index in [1.807, 2.05) is 43.3 Å². The molecule has 0 saturated carbocycles. The maximum atomic E-state index is 12.4. The summed E-state index contributed by atoms with van der Waals surface area (Å²) in [4.78, 5) is 14.1. The summed E-state index contributed by atoms with van der Waals surface area (Å²) in [5, 5.41) is 0. The molecule has 0 radical (unpaired) electrons. The minimum atomic E-state index is -0.503. The third-order valence-corrected chi connectivity index (χ3v) is 3.66. The van der Waals surface area contributed by atoms with Crippen LogP contribution in [0.5, 0.6) is 5.75 Å². The van der Waals surface area contributed by atoms with Crippen molar-refractivity contribution in [1.82, 2.24) is 4.90 Å². The zero-order valence-corrected chi connectivity index (χ0v) is 13.7. The molecule has 2 rings (SSSR count). The molecule has 0 heterocycles. The lowest BCUT2D eigenvalue weighted by atomic mass is 10.1. The van der Waals surface area contributed by atoms with Crippen molar-refractivity contribution in [2.75, 3.05) is 7.05 Å². The number of hydrogen-bond donors (Lipinski definition) is 0. The first kappa shape index (κ1) is 16.1. The Labute approximate surface area is 132 Å².